The van der Waals surface area contributed by atoms with Gasteiger partial charge in [-0.3, -0.25) is 0 Å². The van der Waals surface area contributed by atoms with Gasteiger partial charge in [-0.2, -0.15) is 0 Å². The van der Waals surface area contributed by atoms with Crippen molar-refractivity contribution < 1.29 is 13.5 Å². The minimum atomic E-state index is -0.677. The Kier molecular flexibility index (Phi) is 3.67. The van der Waals surface area contributed by atoms with Crippen molar-refractivity contribution in [1.82, 2.24) is 0 Å². The van der Waals surface area contributed by atoms with Crippen LogP contribution in [0.2, 0.25) is 0 Å². The number of hydrogen-bond acceptors (Lipinski definition) is 1. The number of ether oxygens (including phenoxy) is 1. The monoisotopic (exact) mass is 314 g/mol. The van der Waals surface area contributed by atoms with Crippen LogP contribution in [0.5, 0.6) is 5.75 Å². The molecule has 0 bridgehead atoms. The summed E-state index contributed by atoms with van der Waals surface area (Å²) < 4.78 is 31.2. The zero-order valence-electron chi connectivity index (χ0n) is 6.70. The molecule has 72 valence electrons. The number of rotatable bonds is 2. The predicted molar refractivity (Wildman–Crippen MR) is 52.9 cm³/mol. The highest BCUT2D eigenvalue weighted by Gasteiger charge is 2.15. The quantitative estimate of drug-likeness (QED) is 0.752. The van der Waals surface area contributed by atoms with E-state index in [0.29, 0.717) is 6.61 Å². The van der Waals surface area contributed by atoms with Crippen LogP contribution in [0.1, 0.15) is 6.92 Å². The second kappa shape index (κ2) is 4.37. The first-order valence-electron chi connectivity index (χ1n) is 3.53. The maximum atomic E-state index is 13.0. The second-order valence-electron chi connectivity index (χ2n) is 2.23. The molecule has 0 saturated heterocycles. The third-order valence-electron chi connectivity index (χ3n) is 1.36. The minimum Gasteiger partial charge on any atom is -0.491 e. The molecule has 0 aliphatic carbocycles. The van der Waals surface area contributed by atoms with Gasteiger partial charge in [0.15, 0.2) is 5.75 Å². The van der Waals surface area contributed by atoms with Crippen LogP contribution in [0.4, 0.5) is 8.78 Å². The van der Waals surface area contributed by atoms with E-state index in [0.717, 1.165) is 6.07 Å². The van der Waals surface area contributed by atoms with Crippen LogP contribution in [0, 0.1) is 11.6 Å². The van der Waals surface area contributed by atoms with Gasteiger partial charge >= 0.3 is 0 Å². The molecule has 0 amide bonds. The van der Waals surface area contributed by atoms with Gasteiger partial charge in [-0.1, -0.05) is 0 Å². The molecule has 0 unspecified atom stereocenters. The van der Waals surface area contributed by atoms with Gasteiger partial charge in [0, 0.05) is 6.07 Å². The summed E-state index contributed by atoms with van der Waals surface area (Å²) >= 11 is 5.94. The third kappa shape index (κ3) is 2.20. The lowest BCUT2D eigenvalue weighted by Crippen LogP contribution is -1.97. The third-order valence-corrected chi connectivity index (χ3v) is 2.84. The van der Waals surface area contributed by atoms with E-state index < -0.39 is 11.6 Å². The lowest BCUT2D eigenvalue weighted by molar-refractivity contribution is 0.330. The Morgan fingerprint density at radius 3 is 2.08 bits per heavy atom. The van der Waals surface area contributed by atoms with Gasteiger partial charge in [0.05, 0.1) is 15.6 Å². The van der Waals surface area contributed by atoms with E-state index in [4.69, 9.17) is 4.74 Å². The summed E-state index contributed by atoms with van der Waals surface area (Å²) in [5, 5.41) is 0. The topological polar surface area (TPSA) is 9.23 Å². The molecule has 0 aliphatic rings. The normalized spacial score (nSPS) is 10.2. The standard InChI is InChI=1S/C8H6Br2F2O/c1-2-13-8-6(9)4(11)3-5(12)7(8)10/h3H,2H2,1H3. The van der Waals surface area contributed by atoms with Crippen LogP contribution >= 0.6 is 31.9 Å². The first-order valence-corrected chi connectivity index (χ1v) is 5.12. The van der Waals surface area contributed by atoms with Crippen LogP contribution in [0.15, 0.2) is 15.0 Å². The fourth-order valence-electron chi connectivity index (χ4n) is 0.822. The van der Waals surface area contributed by atoms with Gasteiger partial charge in [0.25, 0.3) is 0 Å². The molecule has 0 saturated carbocycles. The lowest BCUT2D eigenvalue weighted by Gasteiger charge is -2.09. The Hall–Kier alpha value is -0.160. The van der Waals surface area contributed by atoms with Crippen molar-refractivity contribution in [3.8, 4) is 5.75 Å². The summed E-state index contributed by atoms with van der Waals surface area (Å²) in [6.45, 7) is 2.09. The number of benzene rings is 1. The molecule has 1 aromatic carbocycles. The number of hydrogen-bond donors (Lipinski definition) is 0. The van der Waals surface area contributed by atoms with Crippen molar-refractivity contribution in [2.75, 3.05) is 6.61 Å². The smallest absolute Gasteiger partial charge is 0.153 e. The van der Waals surface area contributed by atoms with E-state index in [1.54, 1.807) is 6.92 Å². The molecular weight excluding hydrogens is 310 g/mol. The van der Waals surface area contributed by atoms with Crippen LogP contribution in [0.3, 0.4) is 0 Å². The molecule has 0 atom stereocenters. The van der Waals surface area contributed by atoms with Crippen LogP contribution in [0.25, 0.3) is 0 Å². The summed E-state index contributed by atoms with van der Waals surface area (Å²) in [6, 6.07) is 0.788. The Bertz CT molecular complexity index is 302. The van der Waals surface area contributed by atoms with Gasteiger partial charge in [-0.05, 0) is 38.8 Å². The Morgan fingerprint density at radius 1 is 1.23 bits per heavy atom. The zero-order valence-corrected chi connectivity index (χ0v) is 9.88. The van der Waals surface area contributed by atoms with Crippen LogP contribution in [-0.4, -0.2) is 6.61 Å². The molecule has 0 N–H and O–H groups in total. The average Bonchev–Trinajstić information content (AvgIpc) is 2.09. The first-order chi connectivity index (χ1) is 6.07. The molecule has 0 aliphatic heterocycles. The molecule has 13 heavy (non-hydrogen) atoms. The molecule has 0 radical (unpaired) electrons. The average molecular weight is 316 g/mol. The van der Waals surface area contributed by atoms with Gasteiger partial charge in [-0.25, -0.2) is 8.78 Å². The van der Waals surface area contributed by atoms with E-state index in [1.807, 2.05) is 0 Å². The Labute approximate surface area is 91.3 Å². The van der Waals surface area contributed by atoms with E-state index in [2.05, 4.69) is 31.9 Å². The van der Waals surface area contributed by atoms with Crippen molar-refractivity contribution in [3.05, 3.63) is 26.6 Å². The zero-order chi connectivity index (χ0) is 10.0. The highest BCUT2D eigenvalue weighted by atomic mass is 79.9. The maximum Gasteiger partial charge on any atom is 0.153 e. The molecule has 5 heteroatoms. The first kappa shape index (κ1) is 10.9. The van der Waals surface area contributed by atoms with Crippen molar-refractivity contribution in [2.45, 2.75) is 6.92 Å². The lowest BCUT2D eigenvalue weighted by atomic mass is 10.3. The molecule has 0 heterocycles. The van der Waals surface area contributed by atoms with Crippen LogP contribution < -0.4 is 4.74 Å². The van der Waals surface area contributed by atoms with E-state index in [9.17, 15) is 8.78 Å². The van der Waals surface area contributed by atoms with Crippen LogP contribution in [-0.2, 0) is 0 Å². The van der Waals surface area contributed by atoms with Gasteiger partial charge in [-0.15, -0.1) is 0 Å². The summed E-state index contributed by atoms with van der Waals surface area (Å²) in [7, 11) is 0. The summed E-state index contributed by atoms with van der Waals surface area (Å²) in [5.41, 5.74) is 0. The fourth-order valence-corrected chi connectivity index (χ4v) is 1.94. The molecule has 1 rings (SSSR count). The molecule has 1 nitrogen and oxygen atoms in total. The summed E-state index contributed by atoms with van der Waals surface area (Å²) in [6.07, 6.45) is 0. The molecule has 0 spiro atoms. The summed E-state index contributed by atoms with van der Waals surface area (Å²) in [4.78, 5) is 0. The summed E-state index contributed by atoms with van der Waals surface area (Å²) in [5.74, 6) is -1.20. The van der Waals surface area contributed by atoms with Gasteiger partial charge < -0.3 is 4.74 Å². The van der Waals surface area contributed by atoms with E-state index in [1.165, 1.54) is 0 Å². The highest BCUT2D eigenvalue weighted by molar-refractivity contribution is 9.11. The van der Waals surface area contributed by atoms with Crippen molar-refractivity contribution >= 4 is 31.9 Å². The molecular formula is C8H6Br2F2O. The van der Waals surface area contributed by atoms with Crippen molar-refractivity contribution in [1.29, 1.82) is 0 Å². The largest absolute Gasteiger partial charge is 0.491 e. The molecule has 0 fully saturated rings. The minimum absolute atomic E-state index is 0.127. The SMILES string of the molecule is CCOc1c(Br)c(F)cc(F)c1Br. The van der Waals surface area contributed by atoms with E-state index in [-0.39, 0.29) is 14.7 Å². The van der Waals surface area contributed by atoms with Crippen molar-refractivity contribution in [2.24, 2.45) is 0 Å². The second-order valence-corrected chi connectivity index (χ2v) is 3.82. The Balaban J connectivity index is 3.28. The Morgan fingerprint density at radius 2 is 1.69 bits per heavy atom. The maximum absolute atomic E-state index is 13.0. The molecule has 0 aromatic heterocycles. The molecule has 1 aromatic rings. The number of halogens is 4. The highest BCUT2D eigenvalue weighted by Crippen LogP contribution is 2.37. The predicted octanol–water partition coefficient (Wildman–Crippen LogP) is 3.89. The van der Waals surface area contributed by atoms with E-state index >= 15 is 0 Å². The van der Waals surface area contributed by atoms with Gasteiger partial charge in [0.2, 0.25) is 0 Å². The fraction of sp³-hybridized carbons (Fsp3) is 0.250. The van der Waals surface area contributed by atoms with Gasteiger partial charge in [0.1, 0.15) is 11.6 Å². The van der Waals surface area contributed by atoms with Crippen molar-refractivity contribution in [3.63, 3.8) is 0 Å².